The number of fused-ring (bicyclic) bond motifs is 1. The number of ether oxygens (including phenoxy) is 1. The predicted octanol–water partition coefficient (Wildman–Crippen LogP) is 1.80. The molecule has 0 radical (unpaired) electrons. The van der Waals surface area contributed by atoms with Crippen molar-refractivity contribution in [1.29, 1.82) is 0 Å². The lowest BCUT2D eigenvalue weighted by Crippen LogP contribution is -2.56. The van der Waals surface area contributed by atoms with Crippen molar-refractivity contribution >= 4 is 17.8 Å². The predicted molar refractivity (Wildman–Crippen MR) is 91.3 cm³/mol. The van der Waals surface area contributed by atoms with Crippen molar-refractivity contribution in [2.45, 2.75) is 38.3 Å². The maximum atomic E-state index is 13.3. The number of esters is 1. The lowest BCUT2D eigenvalue weighted by atomic mass is 9.77. The van der Waals surface area contributed by atoms with Crippen molar-refractivity contribution in [2.24, 2.45) is 11.8 Å². The van der Waals surface area contributed by atoms with Gasteiger partial charge in [-0.1, -0.05) is 25.5 Å². The Morgan fingerprint density at radius 1 is 1.23 bits per heavy atom. The van der Waals surface area contributed by atoms with Gasteiger partial charge in [0.2, 0.25) is 11.8 Å². The molecular formula is C19H23FN2O4. The van der Waals surface area contributed by atoms with E-state index in [2.05, 4.69) is 5.32 Å². The minimum absolute atomic E-state index is 0.183. The highest BCUT2D eigenvalue weighted by atomic mass is 19.1. The van der Waals surface area contributed by atoms with Crippen molar-refractivity contribution < 1.29 is 23.5 Å². The second kappa shape index (κ2) is 6.79. The van der Waals surface area contributed by atoms with Gasteiger partial charge in [-0.15, -0.1) is 0 Å². The summed E-state index contributed by atoms with van der Waals surface area (Å²) in [6.07, 6.45) is 1.01. The smallest absolute Gasteiger partial charge is 0.327 e. The van der Waals surface area contributed by atoms with Gasteiger partial charge in [-0.05, 0) is 31.0 Å². The van der Waals surface area contributed by atoms with Crippen LogP contribution in [0.1, 0.15) is 38.3 Å². The third-order valence-electron chi connectivity index (χ3n) is 5.39. The average molecular weight is 362 g/mol. The van der Waals surface area contributed by atoms with Gasteiger partial charge in [-0.2, -0.15) is 0 Å². The summed E-state index contributed by atoms with van der Waals surface area (Å²) in [7, 11) is 1.44. The van der Waals surface area contributed by atoms with Gasteiger partial charge in [0.25, 0.3) is 0 Å². The van der Waals surface area contributed by atoms with E-state index in [1.807, 2.05) is 6.92 Å². The Labute approximate surface area is 151 Å². The Kier molecular flexibility index (Phi) is 4.84. The number of amides is 2. The lowest BCUT2D eigenvalue weighted by molar-refractivity contribution is -0.156. The number of carbonyl (C=O) groups excluding carboxylic acids is 3. The third kappa shape index (κ3) is 2.61. The summed E-state index contributed by atoms with van der Waals surface area (Å²) in [6.45, 7) is 3.80. The minimum Gasteiger partial charge on any atom is -0.465 e. The molecule has 0 bridgehead atoms. The highest BCUT2D eigenvalue weighted by Gasteiger charge is 2.67. The van der Waals surface area contributed by atoms with Crippen LogP contribution in [0.5, 0.6) is 0 Å². The number of hydrogen-bond acceptors (Lipinski definition) is 5. The number of likely N-dealkylation sites (tertiary alicyclic amines) is 1. The molecule has 6 nitrogen and oxygen atoms in total. The molecule has 3 rings (SSSR count). The molecule has 2 amide bonds. The van der Waals surface area contributed by atoms with E-state index in [9.17, 15) is 18.8 Å². The van der Waals surface area contributed by atoms with Crippen molar-refractivity contribution in [2.75, 3.05) is 13.7 Å². The fraction of sp³-hybridized carbons (Fsp3) is 0.526. The SMILES string of the molecule is CCC[C@@]1(C(=O)OCC)N[C@@H](c2ccc(F)cc2)[C@H]2C(=O)N(C)C(=O)[C@@H]21. The quantitative estimate of drug-likeness (QED) is 0.639. The van der Waals surface area contributed by atoms with Gasteiger partial charge >= 0.3 is 5.97 Å². The molecule has 26 heavy (non-hydrogen) atoms. The van der Waals surface area contributed by atoms with Crippen LogP contribution in [-0.2, 0) is 19.1 Å². The molecule has 1 aromatic rings. The summed E-state index contributed by atoms with van der Waals surface area (Å²) < 4.78 is 18.6. The number of nitrogens with zero attached hydrogens (tertiary/aromatic N) is 1. The van der Waals surface area contributed by atoms with Crippen LogP contribution in [0.4, 0.5) is 4.39 Å². The summed E-state index contributed by atoms with van der Waals surface area (Å²) in [5, 5.41) is 3.24. The first-order valence-corrected chi connectivity index (χ1v) is 8.89. The molecule has 1 N–H and O–H groups in total. The van der Waals surface area contributed by atoms with Gasteiger partial charge in [0, 0.05) is 13.1 Å². The summed E-state index contributed by atoms with van der Waals surface area (Å²) >= 11 is 0. The van der Waals surface area contributed by atoms with Crippen LogP contribution in [0, 0.1) is 17.7 Å². The molecule has 7 heteroatoms. The maximum Gasteiger partial charge on any atom is 0.327 e. The number of carbonyl (C=O) groups is 3. The first-order chi connectivity index (χ1) is 12.4. The maximum absolute atomic E-state index is 13.3. The van der Waals surface area contributed by atoms with Crippen LogP contribution in [0.3, 0.4) is 0 Å². The zero-order valence-corrected chi connectivity index (χ0v) is 15.1. The van der Waals surface area contributed by atoms with Gasteiger partial charge < -0.3 is 4.74 Å². The molecule has 2 fully saturated rings. The second-order valence-corrected chi connectivity index (χ2v) is 6.85. The van der Waals surface area contributed by atoms with Crippen molar-refractivity contribution in [1.82, 2.24) is 10.2 Å². The molecule has 0 saturated carbocycles. The van der Waals surface area contributed by atoms with E-state index < -0.39 is 29.4 Å². The van der Waals surface area contributed by atoms with Gasteiger partial charge in [0.15, 0.2) is 0 Å². The fourth-order valence-corrected chi connectivity index (χ4v) is 4.28. The lowest BCUT2D eigenvalue weighted by Gasteiger charge is -2.32. The summed E-state index contributed by atoms with van der Waals surface area (Å²) in [5.41, 5.74) is -0.591. The molecule has 0 aliphatic carbocycles. The normalized spacial score (nSPS) is 30.6. The van der Waals surface area contributed by atoms with Gasteiger partial charge in [0.1, 0.15) is 11.4 Å². The molecule has 2 saturated heterocycles. The van der Waals surface area contributed by atoms with Crippen molar-refractivity contribution in [3.05, 3.63) is 35.6 Å². The Bertz CT molecular complexity index is 736. The summed E-state index contributed by atoms with van der Waals surface area (Å²) in [5.74, 6) is -3.15. The molecule has 2 aliphatic rings. The molecule has 0 aromatic heterocycles. The Hall–Kier alpha value is -2.28. The molecule has 0 unspecified atom stereocenters. The highest BCUT2D eigenvalue weighted by Crippen LogP contribution is 2.50. The van der Waals surface area contributed by atoms with Crippen LogP contribution in [0.25, 0.3) is 0 Å². The first kappa shape index (κ1) is 18.5. The molecule has 2 heterocycles. The zero-order valence-electron chi connectivity index (χ0n) is 15.1. The van der Waals surface area contributed by atoms with E-state index >= 15 is 0 Å². The van der Waals surface area contributed by atoms with Crippen molar-refractivity contribution in [3.8, 4) is 0 Å². The minimum atomic E-state index is -1.26. The topological polar surface area (TPSA) is 75.7 Å². The molecular weight excluding hydrogens is 339 g/mol. The number of rotatable bonds is 5. The van der Waals surface area contributed by atoms with Crippen LogP contribution in [0.2, 0.25) is 0 Å². The van der Waals surface area contributed by atoms with Crippen LogP contribution in [0.15, 0.2) is 24.3 Å². The number of hydrogen-bond donors (Lipinski definition) is 1. The fourth-order valence-electron chi connectivity index (χ4n) is 4.28. The van der Waals surface area contributed by atoms with E-state index in [0.717, 1.165) is 4.90 Å². The molecule has 2 aliphatic heterocycles. The molecule has 1 aromatic carbocycles. The largest absolute Gasteiger partial charge is 0.465 e. The number of benzene rings is 1. The van der Waals surface area contributed by atoms with E-state index in [0.29, 0.717) is 18.4 Å². The van der Waals surface area contributed by atoms with Crippen LogP contribution in [-0.4, -0.2) is 41.9 Å². The molecule has 4 atom stereocenters. The number of halogens is 1. The van der Waals surface area contributed by atoms with Crippen molar-refractivity contribution in [3.63, 3.8) is 0 Å². The van der Waals surface area contributed by atoms with E-state index in [-0.39, 0.29) is 24.2 Å². The highest BCUT2D eigenvalue weighted by molar-refractivity contribution is 6.09. The molecule has 0 spiro atoms. The number of imide groups is 1. The van der Waals surface area contributed by atoms with E-state index in [1.54, 1.807) is 19.1 Å². The molecule has 140 valence electrons. The Morgan fingerprint density at radius 3 is 2.46 bits per heavy atom. The third-order valence-corrected chi connectivity index (χ3v) is 5.39. The van der Waals surface area contributed by atoms with E-state index in [1.165, 1.54) is 19.2 Å². The van der Waals surface area contributed by atoms with Gasteiger partial charge in [-0.3, -0.25) is 24.6 Å². The Balaban J connectivity index is 2.11. The van der Waals surface area contributed by atoms with Gasteiger partial charge in [-0.25, -0.2) is 4.39 Å². The number of nitrogens with one attached hydrogen (secondary N) is 1. The Morgan fingerprint density at radius 2 is 1.88 bits per heavy atom. The zero-order chi connectivity index (χ0) is 19.1. The second-order valence-electron chi connectivity index (χ2n) is 6.85. The standard InChI is InChI=1S/C19H23FN2O4/c1-4-10-19(18(25)26-5-2)14-13(16(23)22(3)17(14)24)15(21-19)11-6-8-12(20)9-7-11/h6-9,13-15,21H,4-5,10H2,1-3H3/t13-,14+,15-,19+/m0/s1. The average Bonchev–Trinajstić information content (AvgIpc) is 3.07. The van der Waals surface area contributed by atoms with E-state index in [4.69, 9.17) is 4.74 Å². The van der Waals surface area contributed by atoms with Crippen LogP contribution >= 0.6 is 0 Å². The summed E-state index contributed by atoms with van der Waals surface area (Å²) in [4.78, 5) is 39.5. The monoisotopic (exact) mass is 362 g/mol. The summed E-state index contributed by atoms with van der Waals surface area (Å²) in [6, 6.07) is 5.21. The van der Waals surface area contributed by atoms with Crippen LogP contribution < -0.4 is 5.32 Å². The first-order valence-electron chi connectivity index (χ1n) is 8.89. The van der Waals surface area contributed by atoms with Gasteiger partial charge in [0.05, 0.1) is 18.4 Å².